The van der Waals surface area contributed by atoms with Gasteiger partial charge in [0.1, 0.15) is 0 Å². The van der Waals surface area contributed by atoms with Gasteiger partial charge >= 0.3 is 148 Å². The zero-order chi connectivity index (χ0) is 28.5. The fraction of sp³-hybridized carbons (Fsp3) is 0.400. The molecule has 0 N–H and O–H groups in total. The van der Waals surface area contributed by atoms with Crippen LogP contribution >= 0.6 is 0 Å². The number of carboxylic acid groups (broad SMARTS) is 5. The Labute approximate surface area is 349 Å². The Kier molecular flexibility index (Phi) is 108. The SMILES string of the molecule is CCC=CC(=O)[O-].CCC=CC(=O)[O-].CCC=CC(=O)[O-].CCC=CC(=O)[O-].CCC=CC(=O)[O-].[Na+].[Na+].[Na+].[Na+].[Na+]. The predicted octanol–water partition coefficient (Wildman–Crippen LogP) is -16.5. The van der Waals surface area contributed by atoms with Crippen molar-refractivity contribution in [3.63, 3.8) is 0 Å². The average Bonchev–Trinajstić information content (AvgIpc) is 2.78. The van der Waals surface area contributed by atoms with Gasteiger partial charge in [-0.05, 0) is 62.5 Å². The summed E-state index contributed by atoms with van der Waals surface area (Å²) < 4.78 is 0. The quantitative estimate of drug-likeness (QED) is 0.169. The second kappa shape index (κ2) is 63.3. The van der Waals surface area contributed by atoms with Crippen LogP contribution in [-0.4, -0.2) is 29.8 Å². The number of rotatable bonds is 10. The Morgan fingerprint density at radius 3 is 0.475 bits per heavy atom. The maximum absolute atomic E-state index is 9.56. The Hall–Kier alpha value is 1.05. The van der Waals surface area contributed by atoms with E-state index in [1.807, 2.05) is 34.6 Å². The number of aliphatic carboxylic acids is 5. The van der Waals surface area contributed by atoms with Crippen molar-refractivity contribution in [3.05, 3.63) is 60.8 Å². The van der Waals surface area contributed by atoms with Gasteiger partial charge in [0, 0.05) is 0 Å². The number of carbonyl (C=O) groups excluding carboxylic acids is 5. The fourth-order valence-electron chi connectivity index (χ4n) is 1.07. The molecule has 0 unspecified atom stereocenters. The van der Waals surface area contributed by atoms with E-state index in [1.165, 1.54) is 30.4 Å². The Morgan fingerprint density at radius 1 is 0.350 bits per heavy atom. The summed E-state index contributed by atoms with van der Waals surface area (Å²) >= 11 is 0. The van der Waals surface area contributed by atoms with Crippen molar-refractivity contribution < 1.29 is 197 Å². The number of carbonyl (C=O) groups is 5. The Balaban J connectivity index is -0.0000000341. The summed E-state index contributed by atoms with van der Waals surface area (Å²) in [4.78, 5) is 47.8. The first-order valence-corrected chi connectivity index (χ1v) is 10.7. The van der Waals surface area contributed by atoms with E-state index in [0.29, 0.717) is 0 Å². The third-order valence-corrected chi connectivity index (χ3v) is 2.45. The molecule has 0 heterocycles. The van der Waals surface area contributed by atoms with Gasteiger partial charge in [-0.25, -0.2) is 0 Å². The third kappa shape index (κ3) is 128. The van der Waals surface area contributed by atoms with Crippen molar-refractivity contribution in [2.24, 2.45) is 0 Å². The van der Waals surface area contributed by atoms with E-state index in [-0.39, 0.29) is 148 Å². The molecule has 40 heavy (non-hydrogen) atoms. The molecule has 15 heteroatoms. The van der Waals surface area contributed by atoms with Crippen LogP contribution in [0, 0.1) is 0 Å². The van der Waals surface area contributed by atoms with Crippen LogP contribution in [0.25, 0.3) is 0 Å². The van der Waals surface area contributed by atoms with Crippen molar-refractivity contribution in [2.45, 2.75) is 66.7 Å². The van der Waals surface area contributed by atoms with E-state index in [0.717, 1.165) is 62.5 Å². The monoisotopic (exact) mass is 610 g/mol. The molecule has 0 aliphatic heterocycles. The number of allylic oxidation sites excluding steroid dienone is 5. The van der Waals surface area contributed by atoms with E-state index in [9.17, 15) is 49.5 Å². The molecule has 0 aliphatic rings. The van der Waals surface area contributed by atoms with Gasteiger partial charge in [0.25, 0.3) is 0 Å². The summed E-state index contributed by atoms with van der Waals surface area (Å²) in [6.07, 6.45) is 16.5. The number of hydrogen-bond donors (Lipinski definition) is 0. The second-order valence-electron chi connectivity index (χ2n) is 5.65. The molecule has 0 aliphatic carbocycles. The molecule has 0 rings (SSSR count). The minimum absolute atomic E-state index is 0. The van der Waals surface area contributed by atoms with Crippen LogP contribution in [0.3, 0.4) is 0 Å². The van der Waals surface area contributed by atoms with Crippen molar-refractivity contribution in [3.8, 4) is 0 Å². The average molecular weight is 610 g/mol. The van der Waals surface area contributed by atoms with E-state index in [2.05, 4.69) is 0 Å². The van der Waals surface area contributed by atoms with Gasteiger partial charge in [0.05, 0.1) is 29.8 Å². The van der Waals surface area contributed by atoms with Crippen molar-refractivity contribution in [2.75, 3.05) is 0 Å². The molecule has 0 amide bonds. The smallest absolute Gasteiger partial charge is 0.545 e. The van der Waals surface area contributed by atoms with Gasteiger partial charge in [-0.1, -0.05) is 65.0 Å². The fourth-order valence-corrected chi connectivity index (χ4v) is 1.07. The van der Waals surface area contributed by atoms with Crippen molar-refractivity contribution >= 4 is 29.8 Å². The van der Waals surface area contributed by atoms with Crippen LogP contribution < -0.4 is 173 Å². The molecule has 0 bridgehead atoms. The summed E-state index contributed by atoms with van der Waals surface area (Å²) in [6.45, 7) is 9.30. The zero-order valence-corrected chi connectivity index (χ0v) is 35.9. The topological polar surface area (TPSA) is 201 Å². The summed E-state index contributed by atoms with van der Waals surface area (Å²) in [5.41, 5.74) is 0. The van der Waals surface area contributed by atoms with E-state index in [1.54, 1.807) is 0 Å². The molecule has 0 radical (unpaired) electrons. The Bertz CT molecular complexity index is 581. The van der Waals surface area contributed by atoms with Gasteiger partial charge in [-0.2, -0.15) is 0 Å². The zero-order valence-electron chi connectivity index (χ0n) is 25.9. The van der Waals surface area contributed by atoms with Crippen LogP contribution in [0.1, 0.15) is 66.7 Å². The Morgan fingerprint density at radius 2 is 0.450 bits per heavy atom. The summed E-state index contributed by atoms with van der Waals surface area (Å²) in [5.74, 6) is -5.62. The molecule has 0 aromatic rings. The van der Waals surface area contributed by atoms with Gasteiger partial charge < -0.3 is 49.5 Å². The maximum atomic E-state index is 9.56. The van der Waals surface area contributed by atoms with E-state index < -0.39 is 29.8 Å². The molecular formula is C25H35Na5O10. The van der Waals surface area contributed by atoms with Crippen LogP contribution in [0.5, 0.6) is 0 Å². The molecule has 0 saturated heterocycles. The van der Waals surface area contributed by atoms with Crippen LogP contribution in [0.15, 0.2) is 60.8 Å². The van der Waals surface area contributed by atoms with Crippen LogP contribution in [0.2, 0.25) is 0 Å². The normalized spacial score (nSPS) is 8.62. The molecule has 0 saturated carbocycles. The first-order valence-electron chi connectivity index (χ1n) is 10.7. The van der Waals surface area contributed by atoms with Crippen LogP contribution in [-0.2, 0) is 24.0 Å². The molecule has 10 nitrogen and oxygen atoms in total. The van der Waals surface area contributed by atoms with Crippen molar-refractivity contribution in [1.29, 1.82) is 0 Å². The van der Waals surface area contributed by atoms with Gasteiger partial charge in [0.2, 0.25) is 0 Å². The molecule has 200 valence electrons. The van der Waals surface area contributed by atoms with Gasteiger partial charge in [-0.3, -0.25) is 0 Å². The summed E-state index contributed by atoms with van der Waals surface area (Å²) in [5, 5.41) is 47.8. The number of hydrogen-bond acceptors (Lipinski definition) is 10. The van der Waals surface area contributed by atoms with E-state index >= 15 is 0 Å². The minimum Gasteiger partial charge on any atom is -0.545 e. The van der Waals surface area contributed by atoms with Crippen LogP contribution in [0.4, 0.5) is 0 Å². The summed E-state index contributed by atoms with van der Waals surface area (Å²) in [6, 6.07) is 0. The predicted molar refractivity (Wildman–Crippen MR) is 122 cm³/mol. The first-order chi connectivity index (χ1) is 16.4. The second-order valence-corrected chi connectivity index (χ2v) is 5.65. The summed E-state index contributed by atoms with van der Waals surface area (Å²) in [7, 11) is 0. The molecule has 0 spiro atoms. The van der Waals surface area contributed by atoms with Gasteiger partial charge in [-0.15, -0.1) is 0 Å². The maximum Gasteiger partial charge on any atom is 1.00 e. The minimum atomic E-state index is -1.12. The largest absolute Gasteiger partial charge is 1.00 e. The number of carboxylic acids is 5. The molecule has 0 atom stereocenters. The molecule has 0 aromatic carbocycles. The third-order valence-electron chi connectivity index (χ3n) is 2.45. The molecular weight excluding hydrogens is 575 g/mol. The molecule has 0 fully saturated rings. The first kappa shape index (κ1) is 68.3. The van der Waals surface area contributed by atoms with Gasteiger partial charge in [0.15, 0.2) is 0 Å². The molecule has 0 aromatic heterocycles. The van der Waals surface area contributed by atoms with E-state index in [4.69, 9.17) is 0 Å². The standard InChI is InChI=1S/5C5H8O2.5Na/c5*1-2-3-4-5(6)7;;;;;/h5*3-4H,2H2,1H3,(H,6,7);;;;;/q;;;;;5*+1/p-5. The van der Waals surface area contributed by atoms with Crippen molar-refractivity contribution in [1.82, 2.24) is 0 Å².